The van der Waals surface area contributed by atoms with Crippen LogP contribution in [0, 0.1) is 11.3 Å². The van der Waals surface area contributed by atoms with E-state index in [2.05, 4.69) is 16.0 Å². The van der Waals surface area contributed by atoms with Crippen molar-refractivity contribution in [3.63, 3.8) is 0 Å². The summed E-state index contributed by atoms with van der Waals surface area (Å²) in [7, 11) is 3.13. The third kappa shape index (κ3) is 2.26. The van der Waals surface area contributed by atoms with Gasteiger partial charge < -0.3 is 14.6 Å². The van der Waals surface area contributed by atoms with E-state index in [4.69, 9.17) is 10.00 Å². The predicted molar refractivity (Wildman–Crippen MR) is 70.6 cm³/mol. The fourth-order valence-corrected chi connectivity index (χ4v) is 1.78. The highest BCUT2D eigenvalue weighted by molar-refractivity contribution is 5.69. The molecule has 0 aliphatic carbocycles. The number of benzene rings is 1. The summed E-state index contributed by atoms with van der Waals surface area (Å²) in [5.74, 6) is 0.465. The minimum atomic E-state index is -0.367. The molecule has 1 aromatic carbocycles. The molecule has 6 heteroatoms. The van der Waals surface area contributed by atoms with Crippen LogP contribution >= 0.6 is 0 Å². The van der Waals surface area contributed by atoms with Gasteiger partial charge in [-0.15, -0.1) is 0 Å². The number of para-hydroxylation sites is 1. The van der Waals surface area contributed by atoms with Gasteiger partial charge in [-0.25, -0.2) is 4.98 Å². The van der Waals surface area contributed by atoms with Crippen LogP contribution in [0.4, 0.5) is 11.5 Å². The molecule has 0 saturated carbocycles. The largest absolute Gasteiger partial charge is 0.488 e. The molecule has 0 atom stereocenters. The van der Waals surface area contributed by atoms with Crippen LogP contribution in [0.15, 0.2) is 35.4 Å². The van der Waals surface area contributed by atoms with Gasteiger partial charge in [-0.3, -0.25) is 4.79 Å². The first-order valence-electron chi connectivity index (χ1n) is 5.53. The van der Waals surface area contributed by atoms with Crippen molar-refractivity contribution in [2.75, 3.05) is 19.1 Å². The number of hydrogen-bond donors (Lipinski definition) is 1. The molecule has 1 aromatic heterocycles. The first-order valence-corrected chi connectivity index (χ1v) is 5.53. The maximum absolute atomic E-state index is 11.6. The van der Waals surface area contributed by atoms with Crippen molar-refractivity contribution in [2.24, 2.45) is 0 Å². The van der Waals surface area contributed by atoms with E-state index in [1.807, 2.05) is 6.07 Å². The van der Waals surface area contributed by atoms with Gasteiger partial charge in [0.1, 0.15) is 6.07 Å². The molecule has 2 aromatic rings. The Kier molecular flexibility index (Phi) is 3.48. The normalized spacial score (nSPS) is 9.74. The lowest BCUT2D eigenvalue weighted by Crippen LogP contribution is -2.19. The number of rotatable bonds is 3. The highest BCUT2D eigenvalue weighted by atomic mass is 16.5. The summed E-state index contributed by atoms with van der Waals surface area (Å²) in [4.78, 5) is 19.8. The van der Waals surface area contributed by atoms with Gasteiger partial charge in [0.05, 0.1) is 24.7 Å². The molecule has 0 radical (unpaired) electrons. The Morgan fingerprint density at radius 2 is 2.16 bits per heavy atom. The second kappa shape index (κ2) is 5.23. The monoisotopic (exact) mass is 256 g/mol. The van der Waals surface area contributed by atoms with Crippen molar-refractivity contribution in [1.29, 1.82) is 5.26 Å². The molecule has 0 amide bonds. The Bertz CT molecular complexity index is 688. The lowest BCUT2D eigenvalue weighted by atomic mass is 10.2. The first-order chi connectivity index (χ1) is 9.19. The molecule has 0 fully saturated rings. The summed E-state index contributed by atoms with van der Waals surface area (Å²) in [6.45, 7) is 0. The van der Waals surface area contributed by atoms with E-state index < -0.39 is 0 Å². The summed E-state index contributed by atoms with van der Waals surface area (Å²) in [5.41, 5.74) is 0.782. The lowest BCUT2D eigenvalue weighted by Gasteiger charge is -2.20. The van der Waals surface area contributed by atoms with Crippen molar-refractivity contribution in [3.8, 4) is 11.8 Å². The number of aromatic amines is 1. The van der Waals surface area contributed by atoms with Crippen LogP contribution in [-0.2, 0) is 0 Å². The van der Waals surface area contributed by atoms with Crippen molar-refractivity contribution < 1.29 is 4.74 Å². The van der Waals surface area contributed by atoms with Gasteiger partial charge in [-0.05, 0) is 12.1 Å². The highest BCUT2D eigenvalue weighted by Crippen LogP contribution is 2.29. The number of methoxy groups -OCH3 is 1. The predicted octanol–water partition coefficient (Wildman–Crippen LogP) is 1.42. The molecular weight excluding hydrogens is 244 g/mol. The minimum absolute atomic E-state index is 0.109. The molecule has 1 N–H and O–H groups in total. The number of nitrogens with one attached hydrogen (secondary N) is 1. The van der Waals surface area contributed by atoms with Crippen LogP contribution in [0.3, 0.4) is 0 Å². The van der Waals surface area contributed by atoms with Crippen LogP contribution in [0.2, 0.25) is 0 Å². The SMILES string of the molecule is COc1c(N(C)c2ccccc2C#N)nc[nH]c1=O. The zero-order valence-electron chi connectivity index (χ0n) is 10.5. The van der Waals surface area contributed by atoms with E-state index in [-0.39, 0.29) is 11.3 Å². The number of nitrogens with zero attached hydrogens (tertiary/aromatic N) is 3. The number of nitriles is 1. The fraction of sp³-hybridized carbons (Fsp3) is 0.154. The van der Waals surface area contributed by atoms with Gasteiger partial charge in [0, 0.05) is 7.05 Å². The van der Waals surface area contributed by atoms with Gasteiger partial charge >= 0.3 is 0 Å². The number of aromatic nitrogens is 2. The van der Waals surface area contributed by atoms with Gasteiger partial charge in [-0.2, -0.15) is 5.26 Å². The highest BCUT2D eigenvalue weighted by Gasteiger charge is 2.16. The molecule has 0 saturated heterocycles. The maximum Gasteiger partial charge on any atom is 0.295 e. The zero-order valence-corrected chi connectivity index (χ0v) is 10.5. The third-order valence-corrected chi connectivity index (χ3v) is 2.70. The maximum atomic E-state index is 11.6. The average molecular weight is 256 g/mol. The molecule has 2 rings (SSSR count). The van der Waals surface area contributed by atoms with E-state index >= 15 is 0 Å². The van der Waals surface area contributed by atoms with Crippen molar-refractivity contribution in [2.45, 2.75) is 0 Å². The summed E-state index contributed by atoms with van der Waals surface area (Å²) in [6.07, 6.45) is 1.30. The molecule has 1 heterocycles. The van der Waals surface area contributed by atoms with Crippen LogP contribution in [0.25, 0.3) is 0 Å². The Labute approximate surface area is 109 Å². The third-order valence-electron chi connectivity index (χ3n) is 2.70. The van der Waals surface area contributed by atoms with Crippen molar-refractivity contribution >= 4 is 11.5 Å². The Morgan fingerprint density at radius 3 is 2.84 bits per heavy atom. The molecule has 0 spiro atoms. The number of hydrogen-bond acceptors (Lipinski definition) is 5. The molecule has 96 valence electrons. The van der Waals surface area contributed by atoms with Gasteiger partial charge in [0.2, 0.25) is 5.75 Å². The van der Waals surface area contributed by atoms with Gasteiger partial charge in [0.25, 0.3) is 5.56 Å². The number of H-pyrrole nitrogens is 1. The van der Waals surface area contributed by atoms with E-state index in [0.29, 0.717) is 17.1 Å². The quantitative estimate of drug-likeness (QED) is 0.898. The fourth-order valence-electron chi connectivity index (χ4n) is 1.78. The van der Waals surface area contributed by atoms with E-state index in [9.17, 15) is 4.79 Å². The molecule has 0 bridgehead atoms. The Hall–Kier alpha value is -2.81. The standard InChI is InChI=1S/C13H12N4O2/c1-17(10-6-4-3-5-9(10)7-14)12-11(19-2)13(18)16-8-15-12/h3-6,8H,1-2H3,(H,15,16,18). The summed E-state index contributed by atoms with van der Waals surface area (Å²) >= 11 is 0. The zero-order chi connectivity index (χ0) is 13.8. The molecule has 0 aliphatic heterocycles. The smallest absolute Gasteiger partial charge is 0.295 e. The Morgan fingerprint density at radius 1 is 1.42 bits per heavy atom. The topological polar surface area (TPSA) is 82.0 Å². The number of anilines is 2. The second-order valence-electron chi connectivity index (χ2n) is 3.78. The second-order valence-corrected chi connectivity index (χ2v) is 3.78. The van der Waals surface area contributed by atoms with Gasteiger partial charge in [-0.1, -0.05) is 12.1 Å². The van der Waals surface area contributed by atoms with E-state index in [1.54, 1.807) is 30.1 Å². The van der Waals surface area contributed by atoms with Crippen LogP contribution in [-0.4, -0.2) is 24.1 Å². The molecule has 0 unspecified atom stereocenters. The van der Waals surface area contributed by atoms with Crippen LogP contribution in [0.1, 0.15) is 5.56 Å². The Balaban J connectivity index is 2.57. The van der Waals surface area contributed by atoms with Gasteiger partial charge in [0.15, 0.2) is 5.82 Å². The molecular formula is C13H12N4O2. The van der Waals surface area contributed by atoms with E-state index in [1.165, 1.54) is 13.4 Å². The summed E-state index contributed by atoms with van der Waals surface area (Å²) in [6, 6.07) is 9.17. The molecule has 6 nitrogen and oxygen atoms in total. The average Bonchev–Trinajstić information content (AvgIpc) is 2.46. The van der Waals surface area contributed by atoms with Crippen molar-refractivity contribution in [1.82, 2.24) is 9.97 Å². The van der Waals surface area contributed by atoms with Crippen LogP contribution < -0.4 is 15.2 Å². The molecule has 0 aliphatic rings. The summed E-state index contributed by atoms with van der Waals surface area (Å²) < 4.78 is 5.06. The van der Waals surface area contributed by atoms with E-state index in [0.717, 1.165) is 0 Å². The first kappa shape index (κ1) is 12.6. The lowest BCUT2D eigenvalue weighted by molar-refractivity contribution is 0.407. The summed E-state index contributed by atoms with van der Waals surface area (Å²) in [5, 5.41) is 9.10. The number of ether oxygens (including phenoxy) is 1. The molecule has 19 heavy (non-hydrogen) atoms. The minimum Gasteiger partial charge on any atom is -0.488 e. The van der Waals surface area contributed by atoms with Crippen LogP contribution in [0.5, 0.6) is 5.75 Å². The van der Waals surface area contributed by atoms with Crippen molar-refractivity contribution in [3.05, 3.63) is 46.5 Å².